The van der Waals surface area contributed by atoms with E-state index in [0.717, 1.165) is 12.1 Å². The van der Waals surface area contributed by atoms with Gasteiger partial charge in [0.2, 0.25) is 0 Å². The van der Waals surface area contributed by atoms with Gasteiger partial charge in [0.1, 0.15) is 5.82 Å². The molecule has 0 saturated heterocycles. The molecule has 110 valence electrons. The van der Waals surface area contributed by atoms with Gasteiger partial charge in [-0.05, 0) is 18.2 Å². The van der Waals surface area contributed by atoms with Crippen LogP contribution in [0.4, 0.5) is 10.1 Å². The van der Waals surface area contributed by atoms with Gasteiger partial charge in [0.25, 0.3) is 10.0 Å². The summed E-state index contributed by atoms with van der Waals surface area (Å²) in [7, 11) is -2.20. The summed E-state index contributed by atoms with van der Waals surface area (Å²) in [5, 5.41) is -0.132. The second-order valence-electron chi connectivity index (χ2n) is 4.18. The number of aromatic nitrogens is 2. The lowest BCUT2D eigenvalue weighted by molar-refractivity contribution is 0.598. The van der Waals surface area contributed by atoms with E-state index < -0.39 is 15.8 Å². The Morgan fingerprint density at radius 1 is 1.48 bits per heavy atom. The monoisotopic (exact) mass is 308 g/mol. The zero-order valence-corrected chi connectivity index (χ0v) is 12.0. The maximum atomic E-state index is 13.2. The third kappa shape index (κ3) is 3.59. The first-order valence-corrected chi connectivity index (χ1v) is 7.40. The molecular formula is C13H13FN4O2S. The highest BCUT2D eigenvalue weighted by molar-refractivity contribution is 7.92. The lowest BCUT2D eigenvalue weighted by atomic mass is 10.2. The van der Waals surface area contributed by atoms with E-state index in [1.807, 2.05) is 0 Å². The molecule has 3 N–H and O–H groups in total. The fraction of sp³-hybridized carbons (Fsp3) is 0.154. The average molecular weight is 308 g/mol. The highest BCUT2D eigenvalue weighted by atomic mass is 32.2. The molecular weight excluding hydrogens is 295 g/mol. The molecule has 8 heteroatoms. The molecule has 21 heavy (non-hydrogen) atoms. The number of halogens is 1. The Morgan fingerprint density at radius 2 is 2.24 bits per heavy atom. The van der Waals surface area contributed by atoms with Crippen molar-refractivity contribution in [3.8, 4) is 11.8 Å². The molecule has 1 aromatic carbocycles. The number of imidazole rings is 1. The number of aryl methyl sites for hydroxylation is 1. The van der Waals surface area contributed by atoms with Gasteiger partial charge >= 0.3 is 0 Å². The van der Waals surface area contributed by atoms with Gasteiger partial charge in [-0.3, -0.25) is 4.72 Å². The van der Waals surface area contributed by atoms with Crippen LogP contribution in [0.3, 0.4) is 0 Å². The number of hydrogen-bond donors (Lipinski definition) is 2. The van der Waals surface area contributed by atoms with Crippen molar-refractivity contribution in [3.63, 3.8) is 0 Å². The van der Waals surface area contributed by atoms with Crippen LogP contribution in [0.2, 0.25) is 0 Å². The van der Waals surface area contributed by atoms with Gasteiger partial charge in [0.05, 0.1) is 24.1 Å². The van der Waals surface area contributed by atoms with E-state index >= 15 is 0 Å². The Hall–Kier alpha value is -2.37. The third-order valence-corrected chi connectivity index (χ3v) is 3.76. The van der Waals surface area contributed by atoms with Crippen LogP contribution in [-0.2, 0) is 17.1 Å². The lowest BCUT2D eigenvalue weighted by Crippen LogP contribution is -2.14. The Kier molecular flexibility index (Phi) is 4.26. The standard InChI is InChI=1S/C13H13FN4O2S/c1-18-8-13(16-9-18)21(19,20)17-12-5-4-11(14)7-10(12)3-2-6-15/h4-5,7-9,17H,6,15H2,1H3. The summed E-state index contributed by atoms with van der Waals surface area (Å²) in [5.74, 6) is 4.67. The van der Waals surface area contributed by atoms with E-state index in [1.54, 1.807) is 7.05 Å². The van der Waals surface area contributed by atoms with Crippen molar-refractivity contribution >= 4 is 15.7 Å². The van der Waals surface area contributed by atoms with Crippen LogP contribution in [-0.4, -0.2) is 24.5 Å². The first-order valence-electron chi connectivity index (χ1n) is 5.91. The minimum Gasteiger partial charge on any atom is -0.339 e. The van der Waals surface area contributed by atoms with E-state index in [2.05, 4.69) is 21.5 Å². The molecule has 0 atom stereocenters. The zero-order valence-electron chi connectivity index (χ0n) is 11.2. The molecule has 0 amide bonds. The quantitative estimate of drug-likeness (QED) is 0.816. The zero-order chi connectivity index (χ0) is 15.5. The number of benzene rings is 1. The molecule has 0 aliphatic heterocycles. The largest absolute Gasteiger partial charge is 0.339 e. The van der Waals surface area contributed by atoms with Crippen LogP contribution in [0.5, 0.6) is 0 Å². The van der Waals surface area contributed by atoms with Gasteiger partial charge in [-0.2, -0.15) is 8.42 Å². The van der Waals surface area contributed by atoms with Gasteiger partial charge in [-0.1, -0.05) is 11.8 Å². The third-order valence-electron chi connectivity index (χ3n) is 2.51. The Labute approximate surface area is 121 Å². The Balaban J connectivity index is 2.39. The molecule has 0 bridgehead atoms. The van der Waals surface area contributed by atoms with Crippen molar-refractivity contribution in [3.05, 3.63) is 42.1 Å². The summed E-state index contributed by atoms with van der Waals surface area (Å²) in [6.45, 7) is 0.0863. The van der Waals surface area contributed by atoms with Crippen LogP contribution < -0.4 is 10.5 Å². The Morgan fingerprint density at radius 3 is 2.86 bits per heavy atom. The van der Waals surface area contributed by atoms with Crippen LogP contribution in [0.1, 0.15) is 5.56 Å². The van der Waals surface area contributed by atoms with Crippen LogP contribution >= 0.6 is 0 Å². The fourth-order valence-corrected chi connectivity index (χ4v) is 2.64. The molecule has 0 radical (unpaired) electrons. The highest BCUT2D eigenvalue weighted by Gasteiger charge is 2.18. The van der Waals surface area contributed by atoms with Crippen molar-refractivity contribution in [1.29, 1.82) is 0 Å². The normalized spacial score (nSPS) is 10.8. The number of nitrogens with one attached hydrogen (secondary N) is 1. The van der Waals surface area contributed by atoms with Gasteiger partial charge in [0.15, 0.2) is 5.03 Å². The van der Waals surface area contributed by atoms with Crippen LogP contribution in [0.15, 0.2) is 35.7 Å². The maximum absolute atomic E-state index is 13.2. The first kappa shape index (κ1) is 15.0. The summed E-state index contributed by atoms with van der Waals surface area (Å²) in [6.07, 6.45) is 2.73. The summed E-state index contributed by atoms with van der Waals surface area (Å²) >= 11 is 0. The van der Waals surface area contributed by atoms with Crippen LogP contribution in [0.25, 0.3) is 0 Å². The molecule has 2 aromatic rings. The van der Waals surface area contributed by atoms with E-state index in [-0.39, 0.29) is 22.8 Å². The molecule has 1 heterocycles. The number of hydrogen-bond acceptors (Lipinski definition) is 4. The first-order chi connectivity index (χ1) is 9.92. The van der Waals surface area contributed by atoms with Crippen LogP contribution in [0, 0.1) is 17.7 Å². The smallest absolute Gasteiger partial charge is 0.280 e. The summed E-state index contributed by atoms with van der Waals surface area (Å²) < 4.78 is 41.4. The summed E-state index contributed by atoms with van der Waals surface area (Å²) in [6, 6.07) is 3.58. The van der Waals surface area contributed by atoms with E-state index in [0.29, 0.717) is 0 Å². The van der Waals surface area contributed by atoms with Crippen molar-refractivity contribution in [1.82, 2.24) is 9.55 Å². The van der Waals surface area contributed by atoms with Crippen molar-refractivity contribution in [2.24, 2.45) is 12.8 Å². The predicted molar refractivity (Wildman–Crippen MR) is 76.3 cm³/mol. The van der Waals surface area contributed by atoms with Crippen molar-refractivity contribution in [2.75, 3.05) is 11.3 Å². The molecule has 6 nitrogen and oxygen atoms in total. The minimum atomic E-state index is -3.86. The minimum absolute atomic E-state index is 0.0863. The molecule has 0 spiro atoms. The fourth-order valence-electron chi connectivity index (χ4n) is 1.58. The average Bonchev–Trinajstić information content (AvgIpc) is 2.86. The number of sulfonamides is 1. The van der Waals surface area contributed by atoms with Gasteiger partial charge < -0.3 is 10.3 Å². The molecule has 0 aliphatic carbocycles. The van der Waals surface area contributed by atoms with E-state index in [9.17, 15) is 12.8 Å². The summed E-state index contributed by atoms with van der Waals surface area (Å²) in [4.78, 5) is 3.78. The second-order valence-corrected chi connectivity index (χ2v) is 5.81. The number of nitrogens with zero attached hydrogens (tertiary/aromatic N) is 2. The molecule has 1 aromatic heterocycles. The summed E-state index contributed by atoms with van der Waals surface area (Å²) in [5.41, 5.74) is 5.64. The van der Waals surface area contributed by atoms with Gasteiger partial charge in [-0.15, -0.1) is 0 Å². The van der Waals surface area contributed by atoms with Crippen molar-refractivity contribution in [2.45, 2.75) is 5.03 Å². The van der Waals surface area contributed by atoms with Crippen molar-refractivity contribution < 1.29 is 12.8 Å². The molecule has 0 unspecified atom stereocenters. The van der Waals surface area contributed by atoms with Gasteiger partial charge in [0, 0.05) is 13.2 Å². The maximum Gasteiger partial charge on any atom is 0.280 e. The predicted octanol–water partition coefficient (Wildman–Crippen LogP) is 0.670. The number of nitrogens with two attached hydrogens (primary N) is 1. The number of rotatable bonds is 3. The number of anilines is 1. The topological polar surface area (TPSA) is 90.0 Å². The SMILES string of the molecule is Cn1cnc(S(=O)(=O)Nc2ccc(F)cc2C#CCN)c1. The van der Waals surface area contributed by atoms with E-state index in [1.165, 1.54) is 23.2 Å². The Bertz CT molecular complexity index is 818. The lowest BCUT2D eigenvalue weighted by Gasteiger charge is -2.08. The molecule has 0 aliphatic rings. The van der Waals surface area contributed by atoms with E-state index in [4.69, 9.17) is 5.73 Å². The highest BCUT2D eigenvalue weighted by Crippen LogP contribution is 2.19. The second kappa shape index (κ2) is 5.95. The molecule has 0 saturated carbocycles. The molecule has 0 fully saturated rings. The van der Waals surface area contributed by atoms with Gasteiger partial charge in [-0.25, -0.2) is 9.37 Å². The molecule has 2 rings (SSSR count).